The number of hydroxylamine groups is 1. The Kier molecular flexibility index (Phi) is 8.63. The summed E-state index contributed by atoms with van der Waals surface area (Å²) < 4.78 is 63.8. The summed E-state index contributed by atoms with van der Waals surface area (Å²) in [6.07, 6.45) is -0.794. The highest BCUT2D eigenvalue weighted by Crippen LogP contribution is 2.40. The maximum absolute atomic E-state index is 13.7. The van der Waals surface area contributed by atoms with Crippen LogP contribution in [-0.4, -0.2) is 63.8 Å². The van der Waals surface area contributed by atoms with E-state index in [2.05, 4.69) is 11.8 Å². The van der Waals surface area contributed by atoms with Crippen LogP contribution < -0.4 is 15.0 Å². The largest absolute Gasteiger partial charge is 0.497 e. The van der Waals surface area contributed by atoms with E-state index in [-0.39, 0.29) is 42.3 Å². The van der Waals surface area contributed by atoms with E-state index in [1.165, 1.54) is 65.4 Å². The topological polar surface area (TPSA) is 139 Å². The Balaban J connectivity index is 1.87. The van der Waals surface area contributed by atoms with Crippen LogP contribution in [0.25, 0.3) is 0 Å². The van der Waals surface area contributed by atoms with Gasteiger partial charge in [-0.2, -0.15) is 4.31 Å². The van der Waals surface area contributed by atoms with E-state index in [4.69, 9.17) is 14.7 Å². The third kappa shape index (κ3) is 5.65. The quantitative estimate of drug-likeness (QED) is 0.282. The van der Waals surface area contributed by atoms with Crippen molar-refractivity contribution in [3.8, 4) is 23.3 Å². The van der Waals surface area contributed by atoms with Crippen LogP contribution in [0.1, 0.15) is 26.2 Å². The van der Waals surface area contributed by atoms with Gasteiger partial charge in [0.25, 0.3) is 0 Å². The van der Waals surface area contributed by atoms with Gasteiger partial charge in [0.1, 0.15) is 18.1 Å². The zero-order valence-electron chi connectivity index (χ0n) is 19.9. The molecule has 0 aromatic heterocycles. The molecule has 194 valence electrons. The lowest BCUT2D eigenvalue weighted by atomic mass is 9.93. The number of nitrogens with zero attached hydrogens (tertiary/aromatic N) is 1. The van der Waals surface area contributed by atoms with E-state index in [0.29, 0.717) is 11.5 Å². The van der Waals surface area contributed by atoms with Crippen LogP contribution in [0, 0.1) is 11.8 Å². The highest BCUT2D eigenvalue weighted by Gasteiger charge is 2.49. The molecular formula is C24H28N2O8S2. The van der Waals surface area contributed by atoms with Crippen LogP contribution in [-0.2, 0) is 24.7 Å². The molecule has 1 aliphatic rings. The Bertz CT molecular complexity index is 1340. The number of hydrogen-bond donors (Lipinski definition) is 2. The molecule has 1 saturated heterocycles. The number of carbonyl (C=O) groups excluding carboxylic acids is 1. The van der Waals surface area contributed by atoms with Gasteiger partial charge in [-0.3, -0.25) is 10.0 Å². The van der Waals surface area contributed by atoms with Crippen molar-refractivity contribution in [2.24, 2.45) is 0 Å². The highest BCUT2D eigenvalue weighted by molar-refractivity contribution is 7.93. The second-order valence-electron chi connectivity index (χ2n) is 8.16. The summed E-state index contributed by atoms with van der Waals surface area (Å²) in [6, 6.07) is 11.6. The second-order valence-corrected chi connectivity index (χ2v) is 12.4. The minimum Gasteiger partial charge on any atom is -0.497 e. The number of ether oxygens (including phenoxy) is 2. The molecule has 2 N–H and O–H groups in total. The summed E-state index contributed by atoms with van der Waals surface area (Å²) >= 11 is 0. The summed E-state index contributed by atoms with van der Waals surface area (Å²) in [5.74, 6) is 5.50. The van der Waals surface area contributed by atoms with Crippen LogP contribution >= 0.6 is 0 Å². The van der Waals surface area contributed by atoms with Crippen LogP contribution in [0.5, 0.6) is 11.5 Å². The zero-order chi connectivity index (χ0) is 26.4. The Morgan fingerprint density at radius 3 is 2.08 bits per heavy atom. The van der Waals surface area contributed by atoms with Gasteiger partial charge < -0.3 is 9.47 Å². The number of nitrogens with one attached hydrogen (secondary N) is 1. The molecule has 1 fully saturated rings. The number of methoxy groups -OCH3 is 1. The van der Waals surface area contributed by atoms with Crippen LogP contribution in [0.3, 0.4) is 0 Å². The van der Waals surface area contributed by atoms with E-state index in [0.717, 1.165) is 0 Å². The van der Waals surface area contributed by atoms with E-state index in [1.54, 1.807) is 6.92 Å². The minimum atomic E-state index is -4.11. The maximum atomic E-state index is 13.7. The second kappa shape index (κ2) is 11.3. The molecule has 0 radical (unpaired) electrons. The Morgan fingerprint density at radius 1 is 1.00 bits per heavy atom. The first-order valence-corrected chi connectivity index (χ1v) is 14.0. The first kappa shape index (κ1) is 27.5. The van der Waals surface area contributed by atoms with Crippen molar-refractivity contribution in [2.75, 3.05) is 26.8 Å². The minimum absolute atomic E-state index is 0.0337. The van der Waals surface area contributed by atoms with Crippen molar-refractivity contribution in [1.82, 2.24) is 9.79 Å². The average Bonchev–Trinajstić information content (AvgIpc) is 2.89. The molecule has 0 spiro atoms. The Morgan fingerprint density at radius 2 is 1.56 bits per heavy atom. The fraction of sp³-hybridized carbons (Fsp3) is 0.375. The maximum Gasteiger partial charge on any atom is 0.244 e. The van der Waals surface area contributed by atoms with Gasteiger partial charge in [-0.1, -0.05) is 5.92 Å². The fourth-order valence-electron chi connectivity index (χ4n) is 4.06. The lowest BCUT2D eigenvalue weighted by molar-refractivity contribution is -0.130. The standard InChI is InChI=1S/C24H28N2O8S2/c1-3-4-17-34-20-7-9-21(10-8-20)35(29,30)24(18-23(27)25-28)13-15-26(16-14-24)36(31,32)22-11-5-19(33-2)6-12-22/h5-12,28H,13-18H2,1-2H3,(H,25,27). The predicted octanol–water partition coefficient (Wildman–Crippen LogP) is 1.99. The zero-order valence-corrected chi connectivity index (χ0v) is 21.6. The molecule has 0 saturated carbocycles. The first-order chi connectivity index (χ1) is 17.1. The van der Waals surface area contributed by atoms with Gasteiger partial charge >= 0.3 is 0 Å². The molecule has 2 aromatic rings. The Labute approximate surface area is 211 Å². The molecule has 0 aliphatic carbocycles. The summed E-state index contributed by atoms with van der Waals surface area (Å²) in [5.41, 5.74) is 1.50. The third-order valence-corrected chi connectivity index (χ3v) is 10.6. The van der Waals surface area contributed by atoms with Gasteiger partial charge in [-0.15, -0.1) is 5.92 Å². The predicted molar refractivity (Wildman–Crippen MR) is 131 cm³/mol. The molecule has 1 amide bonds. The lowest BCUT2D eigenvalue weighted by Crippen LogP contribution is -2.52. The smallest absolute Gasteiger partial charge is 0.244 e. The van der Waals surface area contributed by atoms with Gasteiger partial charge in [-0.25, -0.2) is 22.3 Å². The van der Waals surface area contributed by atoms with E-state index < -0.39 is 36.9 Å². The van der Waals surface area contributed by atoms with Gasteiger partial charge in [0.05, 0.1) is 21.6 Å². The van der Waals surface area contributed by atoms with Crippen molar-refractivity contribution >= 4 is 25.8 Å². The van der Waals surface area contributed by atoms with Crippen LogP contribution in [0.4, 0.5) is 0 Å². The van der Waals surface area contributed by atoms with Gasteiger partial charge in [0, 0.05) is 19.5 Å². The molecule has 0 atom stereocenters. The molecule has 0 bridgehead atoms. The van der Waals surface area contributed by atoms with Crippen LogP contribution in [0.15, 0.2) is 58.3 Å². The van der Waals surface area contributed by atoms with E-state index in [1.807, 2.05) is 0 Å². The molecule has 12 heteroatoms. The average molecular weight is 537 g/mol. The number of amides is 1. The number of sulfone groups is 1. The first-order valence-electron chi connectivity index (χ1n) is 11.0. The lowest BCUT2D eigenvalue weighted by Gasteiger charge is -2.40. The van der Waals surface area contributed by atoms with Gasteiger partial charge in [0.15, 0.2) is 9.84 Å². The summed E-state index contributed by atoms with van der Waals surface area (Å²) in [5, 5.41) is 9.09. The molecule has 10 nitrogen and oxygen atoms in total. The van der Waals surface area contributed by atoms with Crippen molar-refractivity contribution < 1.29 is 36.3 Å². The summed E-state index contributed by atoms with van der Waals surface area (Å²) in [4.78, 5) is 12.1. The number of carbonyl (C=O) groups is 1. The number of benzene rings is 2. The molecule has 3 rings (SSSR count). The number of hydrogen-bond acceptors (Lipinski definition) is 8. The summed E-state index contributed by atoms with van der Waals surface area (Å²) in [7, 11) is -6.53. The molecule has 1 heterocycles. The SMILES string of the molecule is CC#CCOc1ccc(S(=O)(=O)C2(CC(=O)NO)CCN(S(=O)(=O)c3ccc(OC)cc3)CC2)cc1. The monoisotopic (exact) mass is 536 g/mol. The van der Waals surface area contributed by atoms with Crippen molar-refractivity contribution in [2.45, 2.75) is 40.7 Å². The molecule has 36 heavy (non-hydrogen) atoms. The van der Waals surface area contributed by atoms with Gasteiger partial charge in [0.2, 0.25) is 15.9 Å². The molecule has 2 aromatic carbocycles. The molecule has 0 unspecified atom stereocenters. The normalized spacial score (nSPS) is 15.9. The van der Waals surface area contributed by atoms with Crippen molar-refractivity contribution in [3.63, 3.8) is 0 Å². The van der Waals surface area contributed by atoms with Gasteiger partial charge in [-0.05, 0) is 68.3 Å². The van der Waals surface area contributed by atoms with Crippen molar-refractivity contribution in [1.29, 1.82) is 0 Å². The summed E-state index contributed by atoms with van der Waals surface area (Å²) in [6.45, 7) is 1.59. The van der Waals surface area contributed by atoms with Crippen molar-refractivity contribution in [3.05, 3.63) is 48.5 Å². The Hall–Kier alpha value is -3.11. The number of rotatable bonds is 9. The molecule has 1 aliphatic heterocycles. The molecular weight excluding hydrogens is 508 g/mol. The van der Waals surface area contributed by atoms with E-state index in [9.17, 15) is 21.6 Å². The highest BCUT2D eigenvalue weighted by atomic mass is 32.2. The fourth-order valence-corrected chi connectivity index (χ4v) is 7.54. The number of piperidine rings is 1. The van der Waals surface area contributed by atoms with E-state index >= 15 is 0 Å². The third-order valence-electron chi connectivity index (χ3n) is 6.13. The van der Waals surface area contributed by atoms with Crippen LogP contribution in [0.2, 0.25) is 0 Å². The number of sulfonamides is 1.